The molecular formula is C29H32O7. The third kappa shape index (κ3) is 7.46. The Morgan fingerprint density at radius 1 is 0.694 bits per heavy atom. The van der Waals surface area contributed by atoms with Crippen molar-refractivity contribution in [2.24, 2.45) is 0 Å². The molecule has 5 atom stereocenters. The van der Waals surface area contributed by atoms with Gasteiger partial charge in [-0.15, -0.1) is 0 Å². The van der Waals surface area contributed by atoms with Gasteiger partial charge in [-0.25, -0.2) is 0 Å². The zero-order chi connectivity index (χ0) is 25.2. The molecule has 0 saturated carbocycles. The topological polar surface area (TPSA) is 83.5 Å². The molecule has 3 aromatic rings. The lowest BCUT2D eigenvalue weighted by Gasteiger charge is -2.44. The third-order valence-electron chi connectivity index (χ3n) is 5.92. The molecule has 36 heavy (non-hydrogen) atoms. The van der Waals surface area contributed by atoms with E-state index >= 15 is 0 Å². The van der Waals surface area contributed by atoms with Crippen molar-refractivity contribution in [1.29, 1.82) is 0 Å². The maximum absolute atomic E-state index is 11.5. The van der Waals surface area contributed by atoms with E-state index < -0.39 is 36.7 Å². The summed E-state index contributed by atoms with van der Waals surface area (Å²) in [6, 6.07) is 29.2. The van der Waals surface area contributed by atoms with Crippen molar-refractivity contribution < 1.29 is 33.6 Å². The van der Waals surface area contributed by atoms with Crippen LogP contribution in [0.25, 0.3) is 0 Å². The Balaban J connectivity index is 1.57. The van der Waals surface area contributed by atoms with Gasteiger partial charge in [0.25, 0.3) is 0 Å². The maximum atomic E-state index is 11.5. The third-order valence-corrected chi connectivity index (χ3v) is 5.92. The van der Waals surface area contributed by atoms with Crippen LogP contribution in [0.1, 0.15) is 23.6 Å². The summed E-state index contributed by atoms with van der Waals surface area (Å²) in [6.07, 6.45) is -4.24. The highest BCUT2D eigenvalue weighted by atomic mass is 16.7. The van der Waals surface area contributed by atoms with E-state index in [-0.39, 0.29) is 26.4 Å². The van der Waals surface area contributed by atoms with E-state index in [1.54, 1.807) is 0 Å². The van der Waals surface area contributed by atoms with Crippen LogP contribution in [0.5, 0.6) is 0 Å². The molecule has 1 N–H and O–H groups in total. The van der Waals surface area contributed by atoms with E-state index in [1.807, 2.05) is 91.0 Å². The molecular weight excluding hydrogens is 460 g/mol. The molecule has 1 fully saturated rings. The van der Waals surface area contributed by atoms with Crippen molar-refractivity contribution in [3.8, 4) is 0 Å². The first-order valence-corrected chi connectivity index (χ1v) is 12.0. The molecule has 3 unspecified atom stereocenters. The highest BCUT2D eigenvalue weighted by Gasteiger charge is 2.48. The van der Waals surface area contributed by atoms with Gasteiger partial charge in [-0.2, -0.15) is 0 Å². The predicted molar refractivity (Wildman–Crippen MR) is 133 cm³/mol. The van der Waals surface area contributed by atoms with Crippen LogP contribution in [-0.4, -0.2) is 48.4 Å². The molecule has 7 nitrogen and oxygen atoms in total. The first kappa shape index (κ1) is 26.0. The largest absolute Gasteiger partial charge is 0.463 e. The second kappa shape index (κ2) is 13.3. The fourth-order valence-corrected chi connectivity index (χ4v) is 4.10. The van der Waals surface area contributed by atoms with Crippen LogP contribution in [0, 0.1) is 0 Å². The van der Waals surface area contributed by atoms with Crippen LogP contribution < -0.4 is 0 Å². The van der Waals surface area contributed by atoms with E-state index in [9.17, 15) is 9.90 Å². The SMILES string of the molecule is CC(=O)OCC1OC(O)[C@@H](OCc2ccccc2)C(OCc2ccccc2)[C@@H]1OCc1ccccc1. The van der Waals surface area contributed by atoms with Gasteiger partial charge in [0.05, 0.1) is 19.8 Å². The van der Waals surface area contributed by atoms with Gasteiger partial charge in [0.15, 0.2) is 6.29 Å². The Labute approximate surface area is 211 Å². The second-order valence-electron chi connectivity index (χ2n) is 8.65. The molecule has 1 aliphatic rings. The number of ether oxygens (including phenoxy) is 5. The number of hydrogen-bond donors (Lipinski definition) is 1. The summed E-state index contributed by atoms with van der Waals surface area (Å²) in [5.41, 5.74) is 2.90. The molecule has 1 saturated heterocycles. The molecule has 0 radical (unpaired) electrons. The van der Waals surface area contributed by atoms with Crippen LogP contribution in [0.3, 0.4) is 0 Å². The van der Waals surface area contributed by atoms with Crippen molar-refractivity contribution in [3.63, 3.8) is 0 Å². The Morgan fingerprint density at radius 2 is 1.11 bits per heavy atom. The van der Waals surface area contributed by atoms with Crippen molar-refractivity contribution in [2.45, 2.75) is 57.5 Å². The van der Waals surface area contributed by atoms with E-state index in [1.165, 1.54) is 6.92 Å². The quantitative estimate of drug-likeness (QED) is 0.405. The lowest BCUT2D eigenvalue weighted by atomic mass is 9.98. The minimum absolute atomic E-state index is 0.0809. The summed E-state index contributed by atoms with van der Waals surface area (Å²) in [5, 5.41) is 10.9. The van der Waals surface area contributed by atoms with Gasteiger partial charge in [-0.05, 0) is 16.7 Å². The summed E-state index contributed by atoms with van der Waals surface area (Å²) in [6.45, 7) is 2.08. The second-order valence-corrected chi connectivity index (χ2v) is 8.65. The number of esters is 1. The molecule has 1 heterocycles. The molecule has 3 aromatic carbocycles. The molecule has 4 rings (SSSR count). The van der Waals surface area contributed by atoms with Gasteiger partial charge in [0, 0.05) is 6.92 Å². The Hall–Kier alpha value is -3.07. The Bertz CT molecular complexity index is 1040. The number of aliphatic hydroxyl groups excluding tert-OH is 1. The molecule has 0 aliphatic carbocycles. The average molecular weight is 493 g/mol. The van der Waals surface area contributed by atoms with Gasteiger partial charge < -0.3 is 28.8 Å². The molecule has 0 spiro atoms. The van der Waals surface area contributed by atoms with E-state index in [4.69, 9.17) is 23.7 Å². The van der Waals surface area contributed by atoms with Gasteiger partial charge in [0.2, 0.25) is 0 Å². The fourth-order valence-electron chi connectivity index (χ4n) is 4.10. The minimum atomic E-state index is -1.30. The highest BCUT2D eigenvalue weighted by Crippen LogP contribution is 2.30. The van der Waals surface area contributed by atoms with Crippen LogP contribution >= 0.6 is 0 Å². The number of carbonyl (C=O) groups excluding carboxylic acids is 1. The van der Waals surface area contributed by atoms with E-state index in [2.05, 4.69) is 0 Å². The van der Waals surface area contributed by atoms with Crippen molar-refractivity contribution in [2.75, 3.05) is 6.61 Å². The Kier molecular flexibility index (Phi) is 9.61. The summed E-state index contributed by atoms with van der Waals surface area (Å²) in [7, 11) is 0. The predicted octanol–water partition coefficient (Wildman–Crippen LogP) is 4.02. The zero-order valence-electron chi connectivity index (χ0n) is 20.3. The van der Waals surface area contributed by atoms with Gasteiger partial charge in [0.1, 0.15) is 31.0 Å². The summed E-state index contributed by atoms with van der Waals surface area (Å²) in [4.78, 5) is 11.5. The lowest BCUT2D eigenvalue weighted by Crippen LogP contribution is -2.61. The smallest absolute Gasteiger partial charge is 0.302 e. The van der Waals surface area contributed by atoms with Crippen LogP contribution in [-0.2, 0) is 48.3 Å². The normalized spacial score (nSPS) is 23.8. The van der Waals surface area contributed by atoms with E-state index in [0.717, 1.165) is 16.7 Å². The maximum Gasteiger partial charge on any atom is 0.302 e. The summed E-state index contributed by atoms with van der Waals surface area (Å²) in [5.74, 6) is -0.445. The van der Waals surface area contributed by atoms with Crippen LogP contribution in [0.2, 0.25) is 0 Å². The van der Waals surface area contributed by atoms with Crippen LogP contribution in [0.4, 0.5) is 0 Å². The number of hydrogen-bond acceptors (Lipinski definition) is 7. The van der Waals surface area contributed by atoms with E-state index in [0.29, 0.717) is 0 Å². The molecule has 7 heteroatoms. The molecule has 1 aliphatic heterocycles. The summed E-state index contributed by atoms with van der Waals surface area (Å²) >= 11 is 0. The van der Waals surface area contributed by atoms with Crippen molar-refractivity contribution in [1.82, 2.24) is 0 Å². The average Bonchev–Trinajstić information content (AvgIpc) is 2.91. The minimum Gasteiger partial charge on any atom is -0.463 e. The monoisotopic (exact) mass is 492 g/mol. The highest BCUT2D eigenvalue weighted by molar-refractivity contribution is 5.65. The van der Waals surface area contributed by atoms with Gasteiger partial charge in [-0.3, -0.25) is 4.79 Å². The van der Waals surface area contributed by atoms with Gasteiger partial charge in [-0.1, -0.05) is 91.0 Å². The Morgan fingerprint density at radius 3 is 1.56 bits per heavy atom. The molecule has 0 amide bonds. The fraction of sp³-hybridized carbons (Fsp3) is 0.345. The van der Waals surface area contributed by atoms with Crippen molar-refractivity contribution in [3.05, 3.63) is 108 Å². The number of rotatable bonds is 11. The first-order chi connectivity index (χ1) is 17.6. The first-order valence-electron chi connectivity index (χ1n) is 12.0. The van der Waals surface area contributed by atoms with Crippen molar-refractivity contribution >= 4 is 5.97 Å². The lowest BCUT2D eigenvalue weighted by molar-refractivity contribution is -0.315. The standard InChI is InChI=1S/C29H32O7/c1-21(30)32-20-25-26(33-17-22-11-5-2-6-12-22)27(34-18-23-13-7-3-8-14-23)28(29(31)36-25)35-19-24-15-9-4-10-16-24/h2-16,25-29,31H,17-20H2,1H3/t25?,26-,27?,28+,29?/m1/s1. The number of benzene rings is 3. The summed E-state index contributed by atoms with van der Waals surface area (Å²) < 4.78 is 29.9. The molecule has 0 bridgehead atoms. The molecule has 0 aromatic heterocycles. The number of carbonyl (C=O) groups is 1. The van der Waals surface area contributed by atoms with Crippen LogP contribution in [0.15, 0.2) is 91.0 Å². The van der Waals surface area contributed by atoms with Gasteiger partial charge >= 0.3 is 5.97 Å². The molecule has 190 valence electrons. The number of aliphatic hydroxyl groups is 1. The zero-order valence-corrected chi connectivity index (χ0v) is 20.3.